The number of rotatable bonds is 3. The van der Waals surface area contributed by atoms with E-state index in [2.05, 4.69) is 15.4 Å². The highest BCUT2D eigenvalue weighted by atomic mass is 19.1. The van der Waals surface area contributed by atoms with E-state index in [1.807, 2.05) is 0 Å². The number of halogens is 2. The highest BCUT2D eigenvalue weighted by Crippen LogP contribution is 2.15. The lowest BCUT2D eigenvalue weighted by molar-refractivity contribution is 0.539. The lowest BCUT2D eigenvalue weighted by Gasteiger charge is -2.00. The Bertz CT molecular complexity index is 739. The van der Waals surface area contributed by atoms with Crippen molar-refractivity contribution < 1.29 is 8.78 Å². The zero-order chi connectivity index (χ0) is 13.9. The number of tetrazole rings is 1. The molecule has 0 aliphatic carbocycles. The molecule has 0 spiro atoms. The monoisotopic (exact) mass is 272 g/mol. The molecule has 0 aliphatic heterocycles. The lowest BCUT2D eigenvalue weighted by atomic mass is 10.2. The van der Waals surface area contributed by atoms with Crippen LogP contribution in [0.4, 0.5) is 8.78 Å². The van der Waals surface area contributed by atoms with Crippen LogP contribution in [0.25, 0.3) is 11.4 Å². The minimum Gasteiger partial charge on any atom is -0.207 e. The summed E-state index contributed by atoms with van der Waals surface area (Å²) in [6.45, 7) is 0.176. The van der Waals surface area contributed by atoms with Gasteiger partial charge < -0.3 is 0 Å². The Morgan fingerprint density at radius 3 is 2.65 bits per heavy atom. The van der Waals surface area contributed by atoms with Gasteiger partial charge in [0.25, 0.3) is 0 Å². The first-order valence-electron chi connectivity index (χ1n) is 5.99. The van der Waals surface area contributed by atoms with Gasteiger partial charge in [-0.3, -0.25) is 0 Å². The molecule has 1 heterocycles. The van der Waals surface area contributed by atoms with Crippen molar-refractivity contribution in [3.8, 4) is 11.4 Å². The average molecular weight is 272 g/mol. The molecule has 0 fully saturated rings. The molecule has 4 nitrogen and oxygen atoms in total. The molecule has 0 aliphatic rings. The predicted molar refractivity (Wildman–Crippen MR) is 68.7 cm³/mol. The Kier molecular flexibility index (Phi) is 3.20. The van der Waals surface area contributed by atoms with Crippen LogP contribution in [0, 0.1) is 11.6 Å². The van der Waals surface area contributed by atoms with Gasteiger partial charge in [0.2, 0.25) is 5.82 Å². The fraction of sp³-hybridized carbons (Fsp3) is 0.0714. The maximum atomic E-state index is 13.5. The van der Waals surface area contributed by atoms with Crippen LogP contribution in [0.1, 0.15) is 5.56 Å². The van der Waals surface area contributed by atoms with Gasteiger partial charge in [0.1, 0.15) is 11.6 Å². The predicted octanol–water partition coefficient (Wildman–Crippen LogP) is 2.67. The molecule has 3 rings (SSSR count). The van der Waals surface area contributed by atoms with Gasteiger partial charge in [-0.05, 0) is 23.4 Å². The third kappa shape index (κ3) is 2.54. The van der Waals surface area contributed by atoms with Crippen LogP contribution in [0.2, 0.25) is 0 Å². The fourth-order valence-corrected chi connectivity index (χ4v) is 1.83. The molecule has 0 saturated carbocycles. The summed E-state index contributed by atoms with van der Waals surface area (Å²) in [4.78, 5) is 1.28. The number of aromatic nitrogens is 4. The molecule has 0 amide bonds. The van der Waals surface area contributed by atoms with Gasteiger partial charge >= 0.3 is 0 Å². The summed E-state index contributed by atoms with van der Waals surface area (Å²) in [6.07, 6.45) is 0. The Hall–Kier alpha value is -2.63. The minimum atomic E-state index is -0.368. The quantitative estimate of drug-likeness (QED) is 0.736. The van der Waals surface area contributed by atoms with E-state index in [0.29, 0.717) is 17.0 Å². The smallest absolute Gasteiger partial charge is 0.205 e. The third-order valence-corrected chi connectivity index (χ3v) is 2.81. The second-order valence-electron chi connectivity index (χ2n) is 4.25. The molecule has 0 bridgehead atoms. The van der Waals surface area contributed by atoms with Crippen LogP contribution in [-0.2, 0) is 6.54 Å². The fourth-order valence-electron chi connectivity index (χ4n) is 1.83. The summed E-state index contributed by atoms with van der Waals surface area (Å²) in [6, 6.07) is 12.3. The van der Waals surface area contributed by atoms with E-state index < -0.39 is 0 Å². The second-order valence-corrected chi connectivity index (χ2v) is 4.25. The summed E-state index contributed by atoms with van der Waals surface area (Å²) in [7, 11) is 0. The van der Waals surface area contributed by atoms with Gasteiger partial charge in [0.05, 0.1) is 6.54 Å². The van der Waals surface area contributed by atoms with Gasteiger partial charge in [-0.2, -0.15) is 4.80 Å². The molecule has 100 valence electrons. The van der Waals surface area contributed by atoms with E-state index in [9.17, 15) is 8.78 Å². The van der Waals surface area contributed by atoms with Crippen molar-refractivity contribution in [2.45, 2.75) is 6.54 Å². The highest BCUT2D eigenvalue weighted by molar-refractivity contribution is 5.53. The Balaban J connectivity index is 1.86. The van der Waals surface area contributed by atoms with Crippen molar-refractivity contribution in [1.82, 2.24) is 20.2 Å². The molecule has 20 heavy (non-hydrogen) atoms. The van der Waals surface area contributed by atoms with Crippen LogP contribution in [-0.4, -0.2) is 20.2 Å². The molecule has 0 unspecified atom stereocenters. The van der Waals surface area contributed by atoms with Crippen LogP contribution < -0.4 is 0 Å². The van der Waals surface area contributed by atoms with Crippen molar-refractivity contribution in [3.63, 3.8) is 0 Å². The molecule has 0 N–H and O–H groups in total. The zero-order valence-electron chi connectivity index (χ0n) is 10.4. The molecule has 0 saturated heterocycles. The van der Waals surface area contributed by atoms with E-state index in [1.165, 1.54) is 23.0 Å². The average Bonchev–Trinajstić information content (AvgIpc) is 2.90. The first-order chi connectivity index (χ1) is 9.72. The van der Waals surface area contributed by atoms with Gasteiger partial charge in [-0.25, -0.2) is 8.78 Å². The second kappa shape index (κ2) is 5.16. The van der Waals surface area contributed by atoms with Crippen molar-refractivity contribution in [1.29, 1.82) is 0 Å². The van der Waals surface area contributed by atoms with E-state index in [0.717, 1.165) is 0 Å². The van der Waals surface area contributed by atoms with Crippen molar-refractivity contribution in [2.24, 2.45) is 0 Å². The Morgan fingerprint density at radius 2 is 1.85 bits per heavy atom. The van der Waals surface area contributed by atoms with E-state index in [-0.39, 0.29) is 18.2 Å². The first kappa shape index (κ1) is 12.4. The topological polar surface area (TPSA) is 43.6 Å². The summed E-state index contributed by atoms with van der Waals surface area (Å²) in [5, 5.41) is 11.8. The minimum absolute atomic E-state index is 0.176. The lowest BCUT2D eigenvalue weighted by Crippen LogP contribution is -2.05. The maximum Gasteiger partial charge on any atom is 0.205 e. The van der Waals surface area contributed by atoms with Crippen molar-refractivity contribution >= 4 is 0 Å². The number of nitrogens with zero attached hydrogens (tertiary/aromatic N) is 4. The number of hydrogen-bond acceptors (Lipinski definition) is 3. The Morgan fingerprint density at radius 1 is 1.00 bits per heavy atom. The largest absolute Gasteiger partial charge is 0.207 e. The summed E-state index contributed by atoms with van der Waals surface area (Å²) in [5.74, 6) is -0.383. The van der Waals surface area contributed by atoms with Crippen LogP contribution in [0.3, 0.4) is 0 Å². The van der Waals surface area contributed by atoms with E-state index in [4.69, 9.17) is 0 Å². The molecule has 2 aromatic carbocycles. The van der Waals surface area contributed by atoms with Crippen molar-refractivity contribution in [2.75, 3.05) is 0 Å². The molecule has 1 aromatic heterocycles. The molecule has 6 heteroatoms. The molecular weight excluding hydrogens is 262 g/mol. The Labute approximate surface area is 113 Å². The molecule has 0 radical (unpaired) electrons. The van der Waals surface area contributed by atoms with Crippen molar-refractivity contribution in [3.05, 3.63) is 65.7 Å². The van der Waals surface area contributed by atoms with Gasteiger partial charge in [0, 0.05) is 11.1 Å². The molecule has 0 atom stereocenters. The maximum absolute atomic E-state index is 13.5. The first-order valence-corrected chi connectivity index (χ1v) is 5.99. The SMILES string of the molecule is Fc1cccc(-c2nnn(Cc3ccccc3F)n2)c1. The van der Waals surface area contributed by atoms with Crippen LogP contribution in [0.15, 0.2) is 48.5 Å². The number of benzene rings is 2. The van der Waals surface area contributed by atoms with E-state index in [1.54, 1.807) is 30.3 Å². The molecular formula is C14H10F2N4. The molecule has 3 aromatic rings. The van der Waals surface area contributed by atoms with Crippen LogP contribution >= 0.6 is 0 Å². The van der Waals surface area contributed by atoms with Gasteiger partial charge in [-0.15, -0.1) is 10.2 Å². The normalized spacial score (nSPS) is 10.7. The highest BCUT2D eigenvalue weighted by Gasteiger charge is 2.08. The van der Waals surface area contributed by atoms with E-state index >= 15 is 0 Å². The third-order valence-electron chi connectivity index (χ3n) is 2.81. The van der Waals surface area contributed by atoms with Gasteiger partial charge in [-0.1, -0.05) is 30.3 Å². The van der Waals surface area contributed by atoms with Crippen LogP contribution in [0.5, 0.6) is 0 Å². The zero-order valence-corrected chi connectivity index (χ0v) is 10.4. The summed E-state index contributed by atoms with van der Waals surface area (Å²) in [5.41, 5.74) is 1.00. The summed E-state index contributed by atoms with van der Waals surface area (Å²) < 4.78 is 26.6. The number of hydrogen-bond donors (Lipinski definition) is 0. The summed E-state index contributed by atoms with van der Waals surface area (Å²) >= 11 is 0. The standard InChI is InChI=1S/C14H10F2N4/c15-12-6-3-5-10(8-12)14-17-19-20(18-14)9-11-4-1-2-7-13(11)16/h1-8H,9H2. The van der Waals surface area contributed by atoms with Gasteiger partial charge in [0.15, 0.2) is 0 Å².